The lowest BCUT2D eigenvalue weighted by Crippen LogP contribution is -2.43. The van der Waals surface area contributed by atoms with E-state index < -0.39 is 0 Å². The van der Waals surface area contributed by atoms with E-state index in [1.54, 1.807) is 0 Å². The van der Waals surface area contributed by atoms with Crippen molar-refractivity contribution in [3.63, 3.8) is 0 Å². The van der Waals surface area contributed by atoms with Crippen LogP contribution in [0.1, 0.15) is 31.2 Å². The Balaban J connectivity index is 1.53. The average Bonchev–Trinajstić information content (AvgIpc) is 2.92. The first-order valence-electron chi connectivity index (χ1n) is 8.03. The first kappa shape index (κ1) is 14.5. The monoisotopic (exact) mass is 287 g/mol. The summed E-state index contributed by atoms with van der Waals surface area (Å²) in [6.07, 6.45) is 4.23. The molecule has 0 radical (unpaired) electrons. The summed E-state index contributed by atoms with van der Waals surface area (Å²) in [5.74, 6) is 0.256. The Morgan fingerprint density at radius 2 is 2.00 bits per heavy atom. The summed E-state index contributed by atoms with van der Waals surface area (Å²) in [7, 11) is 2.19. The molecular formula is C17H25N3O. The van der Waals surface area contributed by atoms with Gasteiger partial charge in [-0.1, -0.05) is 12.1 Å². The number of hydrogen-bond acceptors (Lipinski definition) is 3. The Hall–Kier alpha value is -1.39. The van der Waals surface area contributed by atoms with Crippen LogP contribution in [0.4, 0.5) is 5.69 Å². The van der Waals surface area contributed by atoms with Gasteiger partial charge in [-0.3, -0.25) is 4.79 Å². The van der Waals surface area contributed by atoms with Crippen molar-refractivity contribution in [2.24, 2.45) is 0 Å². The standard InChI is InChI=1S/C17H25N3O/c1-19-10-2-4-15(13-19)18-12-14-6-8-16(9-7-14)20-11-3-5-17(20)21/h6-9,15,18H,2-5,10-13H2,1H3. The van der Waals surface area contributed by atoms with Gasteiger partial charge in [-0.25, -0.2) is 0 Å². The second-order valence-corrected chi connectivity index (χ2v) is 6.30. The molecule has 0 bridgehead atoms. The van der Waals surface area contributed by atoms with E-state index in [0.29, 0.717) is 12.5 Å². The predicted octanol–water partition coefficient (Wildman–Crippen LogP) is 2.00. The van der Waals surface area contributed by atoms with Crippen LogP contribution in [-0.4, -0.2) is 43.5 Å². The number of amides is 1. The number of anilines is 1. The van der Waals surface area contributed by atoms with E-state index in [1.165, 1.54) is 24.9 Å². The van der Waals surface area contributed by atoms with Gasteiger partial charge >= 0.3 is 0 Å². The van der Waals surface area contributed by atoms with E-state index in [9.17, 15) is 4.79 Å². The molecule has 0 aliphatic carbocycles. The van der Waals surface area contributed by atoms with E-state index >= 15 is 0 Å². The van der Waals surface area contributed by atoms with Gasteiger partial charge in [0.15, 0.2) is 0 Å². The van der Waals surface area contributed by atoms with Crippen molar-refractivity contribution in [3.8, 4) is 0 Å². The number of rotatable bonds is 4. The van der Waals surface area contributed by atoms with Crippen molar-refractivity contribution in [2.45, 2.75) is 38.3 Å². The molecule has 2 heterocycles. The molecule has 2 aliphatic heterocycles. The number of nitrogens with zero attached hydrogens (tertiary/aromatic N) is 2. The fourth-order valence-electron chi connectivity index (χ4n) is 3.31. The van der Waals surface area contributed by atoms with Gasteiger partial charge in [-0.05, 0) is 50.6 Å². The summed E-state index contributed by atoms with van der Waals surface area (Å²) < 4.78 is 0. The van der Waals surface area contributed by atoms with Crippen LogP contribution >= 0.6 is 0 Å². The van der Waals surface area contributed by atoms with Crippen molar-refractivity contribution >= 4 is 11.6 Å². The summed E-state index contributed by atoms with van der Waals surface area (Å²) in [4.78, 5) is 16.0. The van der Waals surface area contributed by atoms with Crippen LogP contribution in [0, 0.1) is 0 Å². The lowest BCUT2D eigenvalue weighted by atomic mass is 10.1. The molecule has 3 rings (SSSR count). The van der Waals surface area contributed by atoms with E-state index in [0.717, 1.165) is 31.7 Å². The number of likely N-dealkylation sites (tertiary alicyclic amines) is 1. The fourth-order valence-corrected chi connectivity index (χ4v) is 3.31. The average molecular weight is 287 g/mol. The number of carbonyl (C=O) groups excluding carboxylic acids is 1. The normalized spacial score (nSPS) is 23.8. The van der Waals surface area contributed by atoms with Crippen LogP contribution in [0.2, 0.25) is 0 Å². The zero-order valence-corrected chi connectivity index (χ0v) is 12.8. The molecule has 1 unspecified atom stereocenters. The number of hydrogen-bond donors (Lipinski definition) is 1. The lowest BCUT2D eigenvalue weighted by Gasteiger charge is -2.30. The molecule has 0 aromatic heterocycles. The van der Waals surface area contributed by atoms with Crippen molar-refractivity contribution < 1.29 is 4.79 Å². The summed E-state index contributed by atoms with van der Waals surface area (Å²) in [6.45, 7) is 4.13. The van der Waals surface area contributed by atoms with Crippen molar-refractivity contribution in [3.05, 3.63) is 29.8 Å². The molecule has 1 N–H and O–H groups in total. The Morgan fingerprint density at radius 3 is 2.67 bits per heavy atom. The Labute approximate surface area is 127 Å². The van der Waals surface area contributed by atoms with Crippen LogP contribution in [0.15, 0.2) is 24.3 Å². The summed E-state index contributed by atoms with van der Waals surface area (Å²) >= 11 is 0. The smallest absolute Gasteiger partial charge is 0.227 e. The van der Waals surface area contributed by atoms with E-state index in [-0.39, 0.29) is 5.91 Å². The highest BCUT2D eigenvalue weighted by molar-refractivity contribution is 5.95. The number of benzene rings is 1. The van der Waals surface area contributed by atoms with E-state index in [2.05, 4.69) is 41.5 Å². The van der Waals surface area contributed by atoms with Crippen LogP contribution in [0.25, 0.3) is 0 Å². The molecule has 1 aromatic carbocycles. The first-order valence-corrected chi connectivity index (χ1v) is 8.03. The molecular weight excluding hydrogens is 262 g/mol. The molecule has 4 heteroatoms. The lowest BCUT2D eigenvalue weighted by molar-refractivity contribution is -0.117. The molecule has 2 fully saturated rings. The number of nitrogens with one attached hydrogen (secondary N) is 1. The van der Waals surface area contributed by atoms with E-state index in [1.807, 2.05) is 4.90 Å². The van der Waals surface area contributed by atoms with Crippen LogP contribution in [-0.2, 0) is 11.3 Å². The molecule has 1 atom stereocenters. The highest BCUT2D eigenvalue weighted by atomic mass is 16.2. The van der Waals surface area contributed by atoms with E-state index in [4.69, 9.17) is 0 Å². The van der Waals surface area contributed by atoms with Gasteiger partial charge in [0, 0.05) is 37.8 Å². The summed E-state index contributed by atoms with van der Waals surface area (Å²) in [5, 5.41) is 3.64. The van der Waals surface area contributed by atoms with Gasteiger partial charge in [0.25, 0.3) is 0 Å². The Bertz CT molecular complexity index is 485. The molecule has 0 spiro atoms. The number of carbonyl (C=O) groups is 1. The molecule has 2 saturated heterocycles. The van der Waals surface area contributed by atoms with Crippen LogP contribution in [0.3, 0.4) is 0 Å². The third-order valence-corrected chi connectivity index (χ3v) is 4.54. The minimum Gasteiger partial charge on any atom is -0.312 e. The molecule has 2 aliphatic rings. The quantitative estimate of drug-likeness (QED) is 0.920. The van der Waals surface area contributed by atoms with Gasteiger partial charge in [0.1, 0.15) is 0 Å². The zero-order chi connectivity index (χ0) is 14.7. The highest BCUT2D eigenvalue weighted by Gasteiger charge is 2.21. The largest absolute Gasteiger partial charge is 0.312 e. The molecule has 1 aromatic rings. The zero-order valence-electron chi connectivity index (χ0n) is 12.8. The van der Waals surface area contributed by atoms with Crippen molar-refractivity contribution in [1.29, 1.82) is 0 Å². The maximum atomic E-state index is 11.7. The van der Waals surface area contributed by atoms with Gasteiger partial charge in [0.05, 0.1) is 0 Å². The molecule has 21 heavy (non-hydrogen) atoms. The van der Waals surface area contributed by atoms with Crippen molar-refractivity contribution in [2.75, 3.05) is 31.6 Å². The first-order chi connectivity index (χ1) is 10.2. The summed E-state index contributed by atoms with van der Waals surface area (Å²) in [5.41, 5.74) is 2.33. The number of likely N-dealkylation sites (N-methyl/N-ethyl adjacent to an activating group) is 1. The summed E-state index contributed by atoms with van der Waals surface area (Å²) in [6, 6.07) is 9.03. The SMILES string of the molecule is CN1CCCC(NCc2ccc(N3CCCC3=O)cc2)C1. The molecule has 1 amide bonds. The molecule has 4 nitrogen and oxygen atoms in total. The minimum atomic E-state index is 0.256. The van der Waals surface area contributed by atoms with Crippen LogP contribution < -0.4 is 10.2 Å². The van der Waals surface area contributed by atoms with Gasteiger partial charge in [0.2, 0.25) is 5.91 Å². The molecule has 0 saturated carbocycles. The van der Waals surface area contributed by atoms with Gasteiger partial charge in [-0.15, -0.1) is 0 Å². The highest BCUT2D eigenvalue weighted by Crippen LogP contribution is 2.21. The predicted molar refractivity (Wildman–Crippen MR) is 85.4 cm³/mol. The maximum absolute atomic E-state index is 11.7. The fraction of sp³-hybridized carbons (Fsp3) is 0.588. The molecule has 114 valence electrons. The topological polar surface area (TPSA) is 35.6 Å². The second kappa shape index (κ2) is 6.58. The maximum Gasteiger partial charge on any atom is 0.227 e. The third kappa shape index (κ3) is 3.63. The van der Waals surface area contributed by atoms with Crippen molar-refractivity contribution in [1.82, 2.24) is 10.2 Å². The third-order valence-electron chi connectivity index (χ3n) is 4.54. The minimum absolute atomic E-state index is 0.256. The van der Waals surface area contributed by atoms with Gasteiger partial charge in [-0.2, -0.15) is 0 Å². The van der Waals surface area contributed by atoms with Gasteiger partial charge < -0.3 is 15.1 Å². The second-order valence-electron chi connectivity index (χ2n) is 6.30. The Morgan fingerprint density at radius 1 is 1.19 bits per heavy atom. The Kier molecular flexibility index (Phi) is 4.56. The van der Waals surface area contributed by atoms with Crippen LogP contribution in [0.5, 0.6) is 0 Å². The number of piperidine rings is 1.